The number of aromatic nitrogens is 8. The van der Waals surface area contributed by atoms with Gasteiger partial charge in [-0.05, 0) is 229 Å². The molecule has 6 aromatic heterocycles. The summed E-state index contributed by atoms with van der Waals surface area (Å²) >= 11 is 50.9. The Labute approximate surface area is 677 Å². The quantitative estimate of drug-likeness (QED) is 0.137. The number of rotatable bonds is 8. The van der Waals surface area contributed by atoms with Crippen molar-refractivity contribution < 1.29 is 39.6 Å². The van der Waals surface area contributed by atoms with Crippen molar-refractivity contribution in [3.8, 4) is 77.9 Å². The average molecular weight is 1630 g/mol. The van der Waals surface area contributed by atoms with E-state index in [9.17, 15) is 0 Å². The van der Waals surface area contributed by atoms with Crippen LogP contribution in [-0.2, 0) is 34.1 Å². The zero-order chi connectivity index (χ0) is 70.7. The van der Waals surface area contributed by atoms with Crippen LogP contribution < -0.4 is 19.9 Å². The molecule has 520 valence electrons. The van der Waals surface area contributed by atoms with Gasteiger partial charge in [-0.25, -0.2) is 19.9 Å². The molecular formula is C88H52Cl8Mn2N8O. The Morgan fingerprint density at radius 3 is 0.626 bits per heavy atom. The van der Waals surface area contributed by atoms with Gasteiger partial charge in [0, 0.05) is 46.1 Å². The summed E-state index contributed by atoms with van der Waals surface area (Å²) in [5.41, 5.74) is 26.3. The first-order valence-corrected chi connectivity index (χ1v) is 36.2. The van der Waals surface area contributed by atoms with Crippen molar-refractivity contribution in [3.05, 3.63) is 328 Å². The molecule has 0 saturated carbocycles. The van der Waals surface area contributed by atoms with E-state index in [1.807, 2.05) is 255 Å². The Balaban J connectivity index is 0.000000175. The minimum Gasteiger partial charge on any atom is -0.657 e. The molecule has 0 spiro atoms. The van der Waals surface area contributed by atoms with Gasteiger partial charge in [-0.2, -0.15) is 0 Å². The third-order valence-electron chi connectivity index (χ3n) is 18.6. The Bertz CT molecular complexity index is 5780. The number of hydrogen-bond acceptors (Lipinski definition) is 4. The summed E-state index contributed by atoms with van der Waals surface area (Å²) < 4.78 is 0. The molecule has 0 amide bonds. The van der Waals surface area contributed by atoms with E-state index in [4.69, 9.17) is 133 Å². The molecule has 19 heteroatoms. The predicted octanol–water partition coefficient (Wildman–Crippen LogP) is 25.4. The molecule has 18 rings (SSSR count). The van der Waals surface area contributed by atoms with Crippen LogP contribution in [0.5, 0.6) is 0 Å². The van der Waals surface area contributed by atoms with E-state index in [1.165, 1.54) is 0 Å². The molecule has 7 aromatic carbocycles. The van der Waals surface area contributed by atoms with E-state index in [1.54, 1.807) is 0 Å². The smallest absolute Gasteiger partial charge is 0.657 e. The van der Waals surface area contributed by atoms with Gasteiger partial charge in [0.1, 0.15) is 0 Å². The summed E-state index contributed by atoms with van der Waals surface area (Å²) in [4.78, 5) is 42.3. The van der Waals surface area contributed by atoms with E-state index in [-0.39, 0.29) is 45.5 Å². The third kappa shape index (κ3) is 15.2. The molecule has 16 bridgehead atoms. The van der Waals surface area contributed by atoms with E-state index >= 15 is 0 Å². The summed E-state index contributed by atoms with van der Waals surface area (Å²) in [5, 5.41) is 5.26. The van der Waals surface area contributed by atoms with Gasteiger partial charge in [-0.1, -0.05) is 238 Å². The SMILES string of the molecule is ClC1=CCC(c2c3nc(c(-c4ccc(Cl)cc4)c4ccc([n-]4)c(-c4ccc(Cl)cc4)c4nc(c(-c5ccc(Cl)cc5)c5ccc2[n-]5)C=C4)C=C3)C=C1.Clc1ccc(-c2c3nc(c(-c4ccc(Cl)cc4)c4ccc([n-]4)c(-c4ccc(Cl)cc4)c4nc(c(-c5ccc(Cl)cc5)c5ccc2[n-]5)C=C4)C=C3)cc1.O.[Mn+2].[Mn+2]. The average Bonchev–Trinajstić information content (AvgIpc) is 1.63. The van der Waals surface area contributed by atoms with Gasteiger partial charge in [0.05, 0.1) is 45.6 Å². The number of fused-ring (bicyclic) bond motifs is 16. The molecule has 0 saturated heterocycles. The first kappa shape index (κ1) is 74.4. The summed E-state index contributed by atoms with van der Waals surface area (Å²) in [7, 11) is 0. The van der Waals surface area contributed by atoms with Crippen LogP contribution in [0.4, 0.5) is 0 Å². The number of benzene rings is 7. The van der Waals surface area contributed by atoms with Crippen LogP contribution in [0.3, 0.4) is 0 Å². The van der Waals surface area contributed by atoms with E-state index in [0.29, 0.717) is 35.2 Å². The van der Waals surface area contributed by atoms with Crippen LogP contribution in [-0.4, -0.2) is 25.4 Å². The fourth-order valence-corrected chi connectivity index (χ4v) is 14.8. The van der Waals surface area contributed by atoms with Crippen molar-refractivity contribution in [1.82, 2.24) is 39.9 Å². The molecule has 2 N–H and O–H groups in total. The van der Waals surface area contributed by atoms with Gasteiger partial charge in [-0.3, -0.25) is 0 Å². The fraction of sp³-hybridized carbons (Fsp3) is 0.0227. The molecule has 10 heterocycles. The van der Waals surface area contributed by atoms with Gasteiger partial charge in [0.2, 0.25) is 0 Å². The van der Waals surface area contributed by atoms with Crippen LogP contribution in [0.25, 0.3) is 171 Å². The molecular weight excluding hydrogens is 1580 g/mol. The van der Waals surface area contributed by atoms with Crippen LogP contribution in [0.15, 0.2) is 242 Å². The third-order valence-corrected chi connectivity index (χ3v) is 20.7. The van der Waals surface area contributed by atoms with Crippen molar-refractivity contribution in [1.29, 1.82) is 0 Å². The minimum atomic E-state index is 0. The van der Waals surface area contributed by atoms with Crippen molar-refractivity contribution >= 4 is 186 Å². The van der Waals surface area contributed by atoms with Gasteiger partial charge < -0.3 is 25.4 Å². The molecule has 1 unspecified atom stereocenters. The zero-order valence-electron chi connectivity index (χ0n) is 55.8. The molecule has 1 aliphatic carbocycles. The van der Waals surface area contributed by atoms with Crippen molar-refractivity contribution in [2.45, 2.75) is 12.3 Å². The zero-order valence-corrected chi connectivity index (χ0v) is 64.2. The van der Waals surface area contributed by atoms with Crippen molar-refractivity contribution in [2.75, 3.05) is 0 Å². The van der Waals surface area contributed by atoms with E-state index < -0.39 is 0 Å². The molecule has 9 nitrogen and oxygen atoms in total. The number of hydrogen-bond donors (Lipinski definition) is 0. The largest absolute Gasteiger partial charge is 2.00 e. The standard InChI is InChI=1S/C44H26Cl4N4.C44H24Cl4N4.2Mn.H2O/c2*45-29-9-1-25(2-10-29)41-33-17-19-35(49-33)42(26-3-11-30(46)12-4-26)37-21-23-39(51-37)44(28-7-15-32(48)16-8-28)40-24-22-38(52-40)43(36-20-18-34(41)50-36)27-5-13-31(47)14-6-27;;;/h1-7,9-24,28H,8H2;1-24H;;;1H2/q2*-2;2*+2;. The predicted molar refractivity (Wildman–Crippen MR) is 441 cm³/mol. The second kappa shape index (κ2) is 31.8. The van der Waals surface area contributed by atoms with Crippen LogP contribution >= 0.6 is 92.8 Å². The summed E-state index contributed by atoms with van der Waals surface area (Å²) in [6.45, 7) is 0. The first-order valence-electron chi connectivity index (χ1n) is 33.2. The molecule has 1 atom stereocenters. The Morgan fingerprint density at radius 1 is 0.234 bits per heavy atom. The molecule has 0 fully saturated rings. The monoisotopic (exact) mass is 1630 g/mol. The van der Waals surface area contributed by atoms with Gasteiger partial charge in [-0.15, -0.1) is 44.1 Å². The molecule has 5 aliphatic rings. The van der Waals surface area contributed by atoms with Crippen molar-refractivity contribution in [3.63, 3.8) is 0 Å². The number of allylic oxidation sites excluding steroid dienone is 4. The Kier molecular flexibility index (Phi) is 22.1. The van der Waals surface area contributed by atoms with E-state index in [0.717, 1.165) is 185 Å². The Hall–Kier alpha value is -9.46. The normalized spacial score (nSPS) is 13.1. The maximum absolute atomic E-state index is 6.40. The second-order valence-electron chi connectivity index (χ2n) is 25.1. The first-order chi connectivity index (χ1) is 50.7. The van der Waals surface area contributed by atoms with Crippen LogP contribution in [0, 0.1) is 0 Å². The fourth-order valence-electron chi connectivity index (χ4n) is 13.8. The summed E-state index contributed by atoms with van der Waals surface area (Å²) in [6.07, 6.45) is 23.2. The second-order valence-corrected chi connectivity index (χ2v) is 28.6. The van der Waals surface area contributed by atoms with Gasteiger partial charge in [0.15, 0.2) is 0 Å². The molecule has 13 aromatic rings. The topological polar surface area (TPSA) is 139 Å². The van der Waals surface area contributed by atoms with Gasteiger partial charge >= 0.3 is 34.1 Å². The summed E-state index contributed by atoms with van der Waals surface area (Å²) in [5.74, 6) is 0.00804. The Morgan fingerprint density at radius 2 is 0.421 bits per heavy atom. The molecule has 107 heavy (non-hydrogen) atoms. The van der Waals surface area contributed by atoms with E-state index in [2.05, 4.69) is 30.4 Å². The maximum atomic E-state index is 6.40. The summed E-state index contributed by atoms with van der Waals surface area (Å²) in [6, 6.07) is 70.7. The minimum absolute atomic E-state index is 0. The van der Waals surface area contributed by atoms with Gasteiger partial charge in [0.25, 0.3) is 0 Å². The van der Waals surface area contributed by atoms with Crippen LogP contribution in [0.2, 0.25) is 35.2 Å². The van der Waals surface area contributed by atoms with Crippen LogP contribution in [0.1, 0.15) is 63.5 Å². The number of nitrogens with zero attached hydrogens (tertiary/aromatic N) is 8. The maximum Gasteiger partial charge on any atom is 2.00 e. The molecule has 4 aliphatic heterocycles. The molecule has 2 radical (unpaired) electrons. The number of halogens is 8. The van der Waals surface area contributed by atoms with Crippen molar-refractivity contribution in [2.24, 2.45) is 0 Å².